The number of benzene rings is 2. The highest BCUT2D eigenvalue weighted by Gasteiger charge is 2.33. The number of sulfonamides is 1. The highest BCUT2D eigenvalue weighted by atomic mass is 32.2. The van der Waals surface area contributed by atoms with E-state index in [4.69, 9.17) is 0 Å². The lowest BCUT2D eigenvalue weighted by Gasteiger charge is -2.26. The molecule has 1 aliphatic rings. The number of hydrogen-bond acceptors (Lipinski definition) is 4. The van der Waals surface area contributed by atoms with E-state index in [9.17, 15) is 18.0 Å². The zero-order chi connectivity index (χ0) is 16.9. The van der Waals surface area contributed by atoms with Crippen LogP contribution in [0.1, 0.15) is 27.6 Å². The van der Waals surface area contributed by atoms with Crippen LogP contribution < -0.4 is 0 Å². The molecule has 0 unspecified atom stereocenters. The maximum Gasteiger partial charge on any atom is 0.261 e. The molecule has 0 atom stereocenters. The molecule has 0 N–H and O–H groups in total. The number of carbonyl (C=O) groups is 2. The minimum Gasteiger partial charge on any atom is -0.275 e. The zero-order valence-electron chi connectivity index (χ0n) is 13.0. The van der Waals surface area contributed by atoms with Gasteiger partial charge in [-0.3, -0.25) is 14.5 Å². The van der Waals surface area contributed by atoms with Gasteiger partial charge in [0.05, 0.1) is 4.90 Å². The predicted octanol–water partition coefficient (Wildman–Crippen LogP) is 1.71. The topological polar surface area (TPSA) is 74.8 Å². The Balaban J connectivity index is 2.40. The summed E-state index contributed by atoms with van der Waals surface area (Å²) in [6.07, 6.45) is 0. The quantitative estimate of drug-likeness (QED) is 0.802. The summed E-state index contributed by atoms with van der Waals surface area (Å²) in [5.74, 6) is -0.809. The van der Waals surface area contributed by atoms with Gasteiger partial charge in [-0.05, 0) is 30.5 Å². The van der Waals surface area contributed by atoms with Gasteiger partial charge in [0.2, 0.25) is 10.0 Å². The molecule has 2 amide bonds. The van der Waals surface area contributed by atoms with E-state index in [1.807, 2.05) is 0 Å². The van der Waals surface area contributed by atoms with Crippen molar-refractivity contribution in [2.45, 2.75) is 11.8 Å². The van der Waals surface area contributed by atoms with E-state index in [1.54, 1.807) is 25.1 Å². The van der Waals surface area contributed by atoms with Gasteiger partial charge in [-0.1, -0.05) is 12.1 Å². The molecule has 0 radical (unpaired) electrons. The first kappa shape index (κ1) is 15.6. The monoisotopic (exact) mass is 332 g/mol. The largest absolute Gasteiger partial charge is 0.275 e. The van der Waals surface area contributed by atoms with Crippen LogP contribution in [-0.4, -0.2) is 50.1 Å². The van der Waals surface area contributed by atoms with Crippen LogP contribution in [0.3, 0.4) is 0 Å². The van der Waals surface area contributed by atoms with Crippen LogP contribution in [-0.2, 0) is 10.0 Å². The summed E-state index contributed by atoms with van der Waals surface area (Å²) in [6, 6.07) is 7.91. The Morgan fingerprint density at radius 3 is 2.30 bits per heavy atom. The van der Waals surface area contributed by atoms with E-state index in [1.165, 1.54) is 26.2 Å². The average Bonchev–Trinajstić information content (AvgIpc) is 2.52. The third-order valence-corrected chi connectivity index (χ3v) is 5.79. The molecule has 0 bridgehead atoms. The first-order chi connectivity index (χ1) is 10.8. The third-order valence-electron chi connectivity index (χ3n) is 4.00. The maximum absolute atomic E-state index is 12.6. The summed E-state index contributed by atoms with van der Waals surface area (Å²) in [6.45, 7) is 1.94. The van der Waals surface area contributed by atoms with Crippen molar-refractivity contribution in [2.24, 2.45) is 0 Å². The number of carbonyl (C=O) groups excluding carboxylic acids is 2. The van der Waals surface area contributed by atoms with Crippen molar-refractivity contribution in [2.75, 3.05) is 20.6 Å². The molecular formula is C16H16N2O4S. The average molecular weight is 332 g/mol. The first-order valence-corrected chi connectivity index (χ1v) is 8.58. The molecule has 1 heterocycles. The van der Waals surface area contributed by atoms with Crippen molar-refractivity contribution in [1.82, 2.24) is 9.21 Å². The lowest BCUT2D eigenvalue weighted by Crippen LogP contribution is -2.40. The zero-order valence-corrected chi connectivity index (χ0v) is 13.8. The summed E-state index contributed by atoms with van der Waals surface area (Å²) < 4.78 is 25.9. The van der Waals surface area contributed by atoms with Gasteiger partial charge in [0.1, 0.15) is 0 Å². The Morgan fingerprint density at radius 2 is 1.70 bits per heavy atom. The third kappa shape index (κ3) is 2.15. The second-order valence-corrected chi connectivity index (χ2v) is 7.67. The van der Waals surface area contributed by atoms with Crippen LogP contribution in [0.4, 0.5) is 0 Å². The molecule has 0 aromatic heterocycles. The molecule has 23 heavy (non-hydrogen) atoms. The van der Waals surface area contributed by atoms with Gasteiger partial charge in [0, 0.05) is 37.2 Å². The molecule has 2 aromatic carbocycles. The van der Waals surface area contributed by atoms with Crippen molar-refractivity contribution in [3.8, 4) is 0 Å². The molecule has 2 aromatic rings. The van der Waals surface area contributed by atoms with Crippen molar-refractivity contribution < 1.29 is 18.0 Å². The van der Waals surface area contributed by atoms with E-state index in [2.05, 4.69) is 0 Å². The van der Waals surface area contributed by atoms with Crippen LogP contribution in [0.25, 0.3) is 10.8 Å². The Hall–Kier alpha value is -2.25. The lowest BCUT2D eigenvalue weighted by molar-refractivity contribution is 0.0619. The fraction of sp³-hybridized carbons (Fsp3) is 0.250. The number of amides is 2. The highest BCUT2D eigenvalue weighted by Crippen LogP contribution is 2.32. The molecule has 0 fully saturated rings. The molecular weight excluding hydrogens is 316 g/mol. The van der Waals surface area contributed by atoms with Gasteiger partial charge in [-0.2, -0.15) is 0 Å². The van der Waals surface area contributed by atoms with E-state index >= 15 is 0 Å². The normalized spacial score (nSPS) is 14.9. The standard InChI is InChI=1S/C16H16N2O4S/c1-4-18-15(19)12-7-5-6-10-8-11(23(21,22)17(2)3)9-13(14(10)12)16(18)20/h5-9H,4H2,1-3H3. The summed E-state index contributed by atoms with van der Waals surface area (Å²) in [7, 11) is -0.802. The van der Waals surface area contributed by atoms with Gasteiger partial charge < -0.3 is 0 Å². The van der Waals surface area contributed by atoms with Gasteiger partial charge in [0.15, 0.2) is 0 Å². The van der Waals surface area contributed by atoms with Crippen molar-refractivity contribution in [3.63, 3.8) is 0 Å². The second-order valence-electron chi connectivity index (χ2n) is 5.52. The van der Waals surface area contributed by atoms with E-state index in [0.717, 1.165) is 9.21 Å². The summed E-state index contributed by atoms with van der Waals surface area (Å²) in [5, 5.41) is 1.09. The SMILES string of the molecule is CCN1C(=O)c2cccc3cc(S(=O)(=O)N(C)C)cc(c23)C1=O. The Kier molecular flexibility index (Phi) is 3.50. The van der Waals surface area contributed by atoms with Gasteiger partial charge in [-0.15, -0.1) is 0 Å². The maximum atomic E-state index is 12.6. The first-order valence-electron chi connectivity index (χ1n) is 7.14. The van der Waals surface area contributed by atoms with Gasteiger partial charge in [0.25, 0.3) is 11.8 Å². The smallest absolute Gasteiger partial charge is 0.261 e. The molecule has 0 spiro atoms. The van der Waals surface area contributed by atoms with Crippen LogP contribution >= 0.6 is 0 Å². The predicted molar refractivity (Wildman–Crippen MR) is 85.9 cm³/mol. The van der Waals surface area contributed by atoms with E-state index in [-0.39, 0.29) is 22.9 Å². The fourth-order valence-corrected chi connectivity index (χ4v) is 3.74. The van der Waals surface area contributed by atoms with Crippen LogP contribution in [0, 0.1) is 0 Å². The Bertz CT molecular complexity index is 948. The van der Waals surface area contributed by atoms with Crippen molar-refractivity contribution in [3.05, 3.63) is 41.5 Å². The minimum absolute atomic E-state index is 0.0425. The van der Waals surface area contributed by atoms with Crippen molar-refractivity contribution >= 4 is 32.6 Å². The lowest BCUT2D eigenvalue weighted by atomic mass is 9.94. The second kappa shape index (κ2) is 5.14. The number of imide groups is 1. The molecule has 0 aliphatic carbocycles. The van der Waals surface area contributed by atoms with E-state index < -0.39 is 15.9 Å². The highest BCUT2D eigenvalue weighted by molar-refractivity contribution is 7.89. The summed E-state index contributed by atoms with van der Waals surface area (Å²) >= 11 is 0. The van der Waals surface area contributed by atoms with Crippen LogP contribution in [0.2, 0.25) is 0 Å². The van der Waals surface area contributed by atoms with Crippen LogP contribution in [0.15, 0.2) is 35.2 Å². The number of hydrogen-bond donors (Lipinski definition) is 0. The molecule has 0 saturated carbocycles. The summed E-state index contributed by atoms with van der Waals surface area (Å²) in [5.41, 5.74) is 0.674. The molecule has 120 valence electrons. The van der Waals surface area contributed by atoms with Crippen LogP contribution in [0.5, 0.6) is 0 Å². The number of nitrogens with zero attached hydrogens (tertiary/aromatic N) is 2. The summed E-state index contributed by atoms with van der Waals surface area (Å²) in [4.78, 5) is 26.2. The molecule has 1 aliphatic heterocycles. The molecule has 6 nitrogen and oxygen atoms in total. The Labute approximate surface area is 134 Å². The molecule has 0 saturated heterocycles. The molecule has 3 rings (SSSR count). The Morgan fingerprint density at radius 1 is 1.04 bits per heavy atom. The molecule has 7 heteroatoms. The number of rotatable bonds is 3. The van der Waals surface area contributed by atoms with Crippen molar-refractivity contribution in [1.29, 1.82) is 0 Å². The minimum atomic E-state index is -3.67. The fourth-order valence-electron chi connectivity index (χ4n) is 2.78. The van der Waals surface area contributed by atoms with E-state index in [0.29, 0.717) is 16.3 Å². The van der Waals surface area contributed by atoms with Gasteiger partial charge in [-0.25, -0.2) is 12.7 Å². The van der Waals surface area contributed by atoms with Gasteiger partial charge >= 0.3 is 0 Å².